The molecule has 2 aromatic rings. The first-order valence-corrected chi connectivity index (χ1v) is 8.10. The lowest BCUT2D eigenvalue weighted by molar-refractivity contribution is 0.169. The predicted molar refractivity (Wildman–Crippen MR) is 93.6 cm³/mol. The fourth-order valence-corrected chi connectivity index (χ4v) is 2.61. The Morgan fingerprint density at radius 3 is 2.75 bits per heavy atom. The number of nitrogens with one attached hydrogen (secondary N) is 1. The summed E-state index contributed by atoms with van der Waals surface area (Å²) in [6, 6.07) is 14.0. The summed E-state index contributed by atoms with van der Waals surface area (Å²) in [6.45, 7) is 3.17. The normalized spacial score (nSPS) is 12.5. The molecule has 0 saturated carbocycles. The molecule has 0 saturated heterocycles. The smallest absolute Gasteiger partial charge is 0.165 e. The zero-order chi connectivity index (χ0) is 16.6. The van der Waals surface area contributed by atoms with E-state index in [0.29, 0.717) is 19.8 Å². The second kappa shape index (κ2) is 8.28. The molecule has 1 aliphatic rings. The minimum atomic E-state index is 0.300. The highest BCUT2D eigenvalue weighted by Crippen LogP contribution is 2.33. The van der Waals surface area contributed by atoms with Gasteiger partial charge in [0.15, 0.2) is 11.5 Å². The van der Waals surface area contributed by atoms with Crippen molar-refractivity contribution in [1.29, 1.82) is 0 Å². The highest BCUT2D eigenvalue weighted by atomic mass is 16.6. The van der Waals surface area contributed by atoms with Crippen LogP contribution >= 0.6 is 0 Å². The molecule has 4 heteroatoms. The first-order valence-electron chi connectivity index (χ1n) is 8.10. The Morgan fingerprint density at radius 1 is 1.08 bits per heavy atom. The Labute approximate surface area is 142 Å². The van der Waals surface area contributed by atoms with E-state index in [-0.39, 0.29) is 0 Å². The van der Waals surface area contributed by atoms with E-state index >= 15 is 0 Å². The van der Waals surface area contributed by atoms with Crippen molar-refractivity contribution in [2.45, 2.75) is 13.0 Å². The molecule has 0 aliphatic carbocycles. The minimum absolute atomic E-state index is 0.300. The van der Waals surface area contributed by atoms with Crippen molar-refractivity contribution >= 4 is 0 Å². The van der Waals surface area contributed by atoms with Crippen LogP contribution in [-0.2, 0) is 13.0 Å². The summed E-state index contributed by atoms with van der Waals surface area (Å²) >= 11 is 0. The molecule has 0 unspecified atom stereocenters. The van der Waals surface area contributed by atoms with Gasteiger partial charge >= 0.3 is 0 Å². The highest BCUT2D eigenvalue weighted by Gasteiger charge is 2.14. The van der Waals surface area contributed by atoms with E-state index in [4.69, 9.17) is 20.6 Å². The number of para-hydroxylation sites is 1. The van der Waals surface area contributed by atoms with Crippen LogP contribution in [-0.4, -0.2) is 26.4 Å². The molecule has 0 fully saturated rings. The van der Waals surface area contributed by atoms with Crippen LogP contribution in [0.2, 0.25) is 0 Å². The number of ether oxygens (including phenoxy) is 3. The van der Waals surface area contributed by atoms with Gasteiger partial charge in [0.05, 0.1) is 0 Å². The Hall–Kier alpha value is -2.64. The zero-order valence-corrected chi connectivity index (χ0v) is 13.6. The molecule has 0 radical (unpaired) electrons. The van der Waals surface area contributed by atoms with Crippen molar-refractivity contribution in [3.05, 3.63) is 53.6 Å². The van der Waals surface area contributed by atoms with Gasteiger partial charge in [-0.3, -0.25) is 0 Å². The molecule has 24 heavy (non-hydrogen) atoms. The number of hydrogen-bond acceptors (Lipinski definition) is 4. The summed E-state index contributed by atoms with van der Waals surface area (Å²) in [5.74, 6) is 4.97. The number of benzene rings is 2. The van der Waals surface area contributed by atoms with Crippen LogP contribution in [0, 0.1) is 12.3 Å². The fraction of sp³-hybridized carbons (Fsp3) is 0.300. The summed E-state index contributed by atoms with van der Waals surface area (Å²) in [5.41, 5.74) is 2.38. The fourth-order valence-electron chi connectivity index (χ4n) is 2.61. The molecule has 1 heterocycles. The van der Waals surface area contributed by atoms with E-state index < -0.39 is 0 Å². The molecule has 0 amide bonds. The molecule has 1 N–H and O–H groups in total. The largest absolute Gasteiger partial charge is 0.486 e. The van der Waals surface area contributed by atoms with Gasteiger partial charge in [0, 0.05) is 12.1 Å². The van der Waals surface area contributed by atoms with Gasteiger partial charge in [-0.05, 0) is 36.7 Å². The lowest BCUT2D eigenvalue weighted by Gasteiger charge is -2.21. The summed E-state index contributed by atoms with van der Waals surface area (Å²) in [4.78, 5) is 0. The van der Waals surface area contributed by atoms with Crippen molar-refractivity contribution in [3.63, 3.8) is 0 Å². The molecule has 0 aromatic heterocycles. The number of hydrogen-bond donors (Lipinski definition) is 1. The van der Waals surface area contributed by atoms with Crippen LogP contribution in [0.15, 0.2) is 42.5 Å². The standard InChI is InChI=1S/C20H21NO3/c1-2-12-22-18-8-6-16(7-9-18)10-11-21-15-17-4-3-5-19-20(17)24-14-13-23-19/h1,3-9,21H,10-15H2. The van der Waals surface area contributed by atoms with Gasteiger partial charge in [-0.15, -0.1) is 6.42 Å². The van der Waals surface area contributed by atoms with E-state index in [0.717, 1.165) is 42.3 Å². The van der Waals surface area contributed by atoms with E-state index in [1.54, 1.807) is 0 Å². The zero-order valence-electron chi connectivity index (χ0n) is 13.6. The Kier molecular flexibility index (Phi) is 5.60. The number of fused-ring (bicyclic) bond motifs is 1. The van der Waals surface area contributed by atoms with Gasteiger partial charge in [0.1, 0.15) is 25.6 Å². The minimum Gasteiger partial charge on any atom is -0.486 e. The molecule has 1 aliphatic heterocycles. The second-order valence-corrected chi connectivity index (χ2v) is 5.50. The summed E-state index contributed by atoms with van der Waals surface area (Å²) in [6.07, 6.45) is 6.12. The Morgan fingerprint density at radius 2 is 1.92 bits per heavy atom. The van der Waals surface area contributed by atoms with Crippen LogP contribution in [0.5, 0.6) is 17.2 Å². The van der Waals surface area contributed by atoms with Crippen LogP contribution in [0.25, 0.3) is 0 Å². The van der Waals surface area contributed by atoms with Crippen molar-refractivity contribution in [2.75, 3.05) is 26.4 Å². The Balaban J connectivity index is 1.47. The average Bonchev–Trinajstić information content (AvgIpc) is 2.64. The summed E-state index contributed by atoms with van der Waals surface area (Å²) in [5, 5.41) is 3.46. The molecule has 0 spiro atoms. The van der Waals surface area contributed by atoms with Crippen molar-refractivity contribution in [3.8, 4) is 29.6 Å². The van der Waals surface area contributed by atoms with Crippen LogP contribution in [0.3, 0.4) is 0 Å². The van der Waals surface area contributed by atoms with Gasteiger partial charge < -0.3 is 19.5 Å². The quantitative estimate of drug-likeness (QED) is 0.628. The number of rotatable bonds is 7. The van der Waals surface area contributed by atoms with E-state index in [1.807, 2.05) is 24.3 Å². The van der Waals surface area contributed by atoms with Gasteiger partial charge in [0.25, 0.3) is 0 Å². The SMILES string of the molecule is C#CCOc1ccc(CCNCc2cccc3c2OCCO3)cc1. The molecule has 4 nitrogen and oxygen atoms in total. The van der Waals surface area contributed by atoms with Crippen LogP contribution in [0.1, 0.15) is 11.1 Å². The molecule has 2 aromatic carbocycles. The lowest BCUT2D eigenvalue weighted by Crippen LogP contribution is -2.20. The van der Waals surface area contributed by atoms with Crippen molar-refractivity contribution < 1.29 is 14.2 Å². The van der Waals surface area contributed by atoms with Crippen molar-refractivity contribution in [1.82, 2.24) is 5.32 Å². The van der Waals surface area contributed by atoms with E-state index in [1.165, 1.54) is 5.56 Å². The molecular formula is C20H21NO3. The molecule has 0 atom stereocenters. The third kappa shape index (κ3) is 4.21. The maximum atomic E-state index is 5.72. The van der Waals surface area contributed by atoms with E-state index in [9.17, 15) is 0 Å². The highest BCUT2D eigenvalue weighted by molar-refractivity contribution is 5.47. The summed E-state index contributed by atoms with van der Waals surface area (Å²) in [7, 11) is 0. The second-order valence-electron chi connectivity index (χ2n) is 5.50. The third-order valence-electron chi connectivity index (χ3n) is 3.80. The first-order chi connectivity index (χ1) is 11.9. The molecule has 124 valence electrons. The maximum Gasteiger partial charge on any atom is 0.165 e. The number of terminal acetylenes is 1. The third-order valence-corrected chi connectivity index (χ3v) is 3.80. The molecular weight excluding hydrogens is 302 g/mol. The van der Waals surface area contributed by atoms with Gasteiger partial charge in [-0.2, -0.15) is 0 Å². The maximum absolute atomic E-state index is 5.72. The van der Waals surface area contributed by atoms with Gasteiger partial charge in [0.2, 0.25) is 0 Å². The Bertz CT molecular complexity index is 704. The van der Waals surface area contributed by atoms with Gasteiger partial charge in [-0.25, -0.2) is 0 Å². The average molecular weight is 323 g/mol. The van der Waals surface area contributed by atoms with Gasteiger partial charge in [-0.1, -0.05) is 30.2 Å². The first kappa shape index (κ1) is 16.2. The topological polar surface area (TPSA) is 39.7 Å². The van der Waals surface area contributed by atoms with E-state index in [2.05, 4.69) is 29.4 Å². The lowest BCUT2D eigenvalue weighted by atomic mass is 10.1. The predicted octanol–water partition coefficient (Wildman–Crippen LogP) is 2.80. The van der Waals surface area contributed by atoms with Crippen LogP contribution < -0.4 is 19.5 Å². The summed E-state index contributed by atoms with van der Waals surface area (Å²) < 4.78 is 16.7. The van der Waals surface area contributed by atoms with Crippen molar-refractivity contribution in [2.24, 2.45) is 0 Å². The molecule has 3 rings (SSSR count). The monoisotopic (exact) mass is 323 g/mol. The van der Waals surface area contributed by atoms with Crippen LogP contribution in [0.4, 0.5) is 0 Å². The molecule has 0 bridgehead atoms.